The van der Waals surface area contributed by atoms with Gasteiger partial charge in [0.05, 0.1) is 6.10 Å². The van der Waals surface area contributed by atoms with E-state index in [1.165, 1.54) is 0 Å². The lowest BCUT2D eigenvalue weighted by atomic mass is 9.95. The summed E-state index contributed by atoms with van der Waals surface area (Å²) >= 11 is 0. The summed E-state index contributed by atoms with van der Waals surface area (Å²) < 4.78 is 0. The Balaban J connectivity index is 2.27. The summed E-state index contributed by atoms with van der Waals surface area (Å²) in [5.41, 5.74) is 5.62. The van der Waals surface area contributed by atoms with E-state index in [0.29, 0.717) is 25.4 Å². The van der Waals surface area contributed by atoms with Crippen LogP contribution in [-0.4, -0.2) is 30.2 Å². The van der Waals surface area contributed by atoms with E-state index in [9.17, 15) is 4.79 Å². The fraction of sp³-hybridized carbons (Fsp3) is 0.909. The van der Waals surface area contributed by atoms with E-state index in [4.69, 9.17) is 10.8 Å². The topological polar surface area (TPSA) is 75.3 Å². The minimum atomic E-state index is -0.348. The van der Waals surface area contributed by atoms with Crippen LogP contribution in [0.5, 0.6) is 0 Å². The fourth-order valence-corrected chi connectivity index (χ4v) is 2.20. The predicted molar refractivity (Wildman–Crippen MR) is 59.2 cm³/mol. The highest BCUT2D eigenvalue weighted by atomic mass is 16.3. The quantitative estimate of drug-likeness (QED) is 0.614. The van der Waals surface area contributed by atoms with E-state index < -0.39 is 0 Å². The molecule has 0 heterocycles. The van der Waals surface area contributed by atoms with Crippen molar-refractivity contribution in [2.45, 2.75) is 38.7 Å². The lowest BCUT2D eigenvalue weighted by Crippen LogP contribution is -2.36. The molecule has 4 nitrogen and oxygen atoms in total. The highest BCUT2D eigenvalue weighted by Gasteiger charge is 2.31. The summed E-state index contributed by atoms with van der Waals surface area (Å²) in [7, 11) is 0. The molecule has 0 saturated heterocycles. The number of carbonyl (C=O) groups excluding carboxylic acids is 1. The van der Waals surface area contributed by atoms with Crippen LogP contribution >= 0.6 is 0 Å². The van der Waals surface area contributed by atoms with Gasteiger partial charge in [0, 0.05) is 12.5 Å². The normalized spacial score (nSPS) is 27.7. The molecule has 88 valence electrons. The predicted octanol–water partition coefficient (Wildman–Crippen LogP) is 0.249. The second kappa shape index (κ2) is 6.08. The van der Waals surface area contributed by atoms with Gasteiger partial charge in [-0.15, -0.1) is 0 Å². The Kier molecular flexibility index (Phi) is 5.05. The molecule has 1 amide bonds. The molecule has 0 spiro atoms. The third-order valence-electron chi connectivity index (χ3n) is 3.16. The number of carbonyl (C=O) groups is 1. The van der Waals surface area contributed by atoms with Gasteiger partial charge in [0.25, 0.3) is 0 Å². The summed E-state index contributed by atoms with van der Waals surface area (Å²) in [6.07, 6.45) is 3.41. The largest absolute Gasteiger partial charge is 0.393 e. The molecule has 0 aromatic heterocycles. The van der Waals surface area contributed by atoms with Gasteiger partial charge in [-0.2, -0.15) is 0 Å². The molecule has 0 radical (unpaired) electrons. The molecule has 0 aromatic rings. The van der Waals surface area contributed by atoms with Crippen molar-refractivity contribution in [3.8, 4) is 0 Å². The Hall–Kier alpha value is -0.610. The van der Waals surface area contributed by atoms with Crippen molar-refractivity contribution in [1.82, 2.24) is 5.32 Å². The number of hydrogen-bond acceptors (Lipinski definition) is 3. The molecule has 0 aliphatic heterocycles. The maximum atomic E-state index is 11.7. The van der Waals surface area contributed by atoms with Gasteiger partial charge in [0.1, 0.15) is 0 Å². The van der Waals surface area contributed by atoms with Gasteiger partial charge >= 0.3 is 0 Å². The first-order valence-corrected chi connectivity index (χ1v) is 5.81. The highest BCUT2D eigenvalue weighted by molar-refractivity contribution is 5.79. The maximum absolute atomic E-state index is 11.7. The Bertz CT molecular complexity index is 207. The molecule has 1 aliphatic carbocycles. The summed E-state index contributed by atoms with van der Waals surface area (Å²) in [6, 6.07) is 0. The average Bonchev–Trinajstić information content (AvgIpc) is 2.64. The zero-order valence-electron chi connectivity index (χ0n) is 9.41. The molecule has 4 heteroatoms. The van der Waals surface area contributed by atoms with Crippen molar-refractivity contribution in [2.75, 3.05) is 13.1 Å². The Labute approximate surface area is 91.2 Å². The van der Waals surface area contributed by atoms with E-state index in [2.05, 4.69) is 5.32 Å². The summed E-state index contributed by atoms with van der Waals surface area (Å²) in [6.45, 7) is 2.89. The van der Waals surface area contributed by atoms with E-state index in [-0.39, 0.29) is 17.9 Å². The zero-order chi connectivity index (χ0) is 11.3. The van der Waals surface area contributed by atoms with Crippen LogP contribution in [0.15, 0.2) is 0 Å². The first kappa shape index (κ1) is 12.5. The lowest BCUT2D eigenvalue weighted by molar-refractivity contribution is -0.126. The number of aliphatic hydroxyl groups is 1. The van der Waals surface area contributed by atoms with Crippen LogP contribution in [0.4, 0.5) is 0 Å². The molecule has 4 N–H and O–H groups in total. The Morgan fingerprint density at radius 3 is 2.93 bits per heavy atom. The molecule has 1 aliphatic rings. The van der Waals surface area contributed by atoms with Gasteiger partial charge in [-0.3, -0.25) is 4.79 Å². The maximum Gasteiger partial charge on any atom is 0.223 e. The molecular formula is C11H22N2O2. The molecule has 3 atom stereocenters. The van der Waals surface area contributed by atoms with Crippen molar-refractivity contribution in [2.24, 2.45) is 17.6 Å². The number of nitrogens with one attached hydrogen (secondary N) is 1. The van der Waals surface area contributed by atoms with Gasteiger partial charge in [0.2, 0.25) is 5.91 Å². The molecule has 0 aromatic carbocycles. The smallest absolute Gasteiger partial charge is 0.223 e. The van der Waals surface area contributed by atoms with Crippen molar-refractivity contribution >= 4 is 5.91 Å². The third-order valence-corrected chi connectivity index (χ3v) is 3.16. The van der Waals surface area contributed by atoms with Crippen LogP contribution in [0, 0.1) is 11.8 Å². The standard InChI is InChI=1S/C11H22N2O2/c1-8(14)5-6-13-11(15)10-4-2-3-9(10)7-12/h8-10,14H,2-7,12H2,1H3,(H,13,15). The van der Waals surface area contributed by atoms with Crippen molar-refractivity contribution in [3.05, 3.63) is 0 Å². The number of hydrogen-bond donors (Lipinski definition) is 3. The minimum Gasteiger partial charge on any atom is -0.393 e. The van der Waals surface area contributed by atoms with E-state index >= 15 is 0 Å². The molecule has 1 fully saturated rings. The minimum absolute atomic E-state index is 0.101. The second-order valence-electron chi connectivity index (χ2n) is 4.46. The fourth-order valence-electron chi connectivity index (χ4n) is 2.20. The van der Waals surface area contributed by atoms with E-state index in [0.717, 1.165) is 19.3 Å². The van der Waals surface area contributed by atoms with Gasteiger partial charge in [-0.25, -0.2) is 0 Å². The van der Waals surface area contributed by atoms with Crippen molar-refractivity contribution in [3.63, 3.8) is 0 Å². The first-order valence-electron chi connectivity index (χ1n) is 5.81. The van der Waals surface area contributed by atoms with Crippen molar-refractivity contribution in [1.29, 1.82) is 0 Å². The Morgan fingerprint density at radius 2 is 2.33 bits per heavy atom. The SMILES string of the molecule is CC(O)CCNC(=O)C1CCCC1CN. The van der Waals surface area contributed by atoms with Crippen LogP contribution in [0.25, 0.3) is 0 Å². The van der Waals surface area contributed by atoms with Gasteiger partial charge in [-0.05, 0) is 38.6 Å². The Morgan fingerprint density at radius 1 is 1.60 bits per heavy atom. The first-order chi connectivity index (χ1) is 7.15. The van der Waals surface area contributed by atoms with Crippen LogP contribution < -0.4 is 11.1 Å². The number of amides is 1. The number of aliphatic hydroxyl groups excluding tert-OH is 1. The summed E-state index contributed by atoms with van der Waals surface area (Å²) in [5.74, 6) is 0.573. The van der Waals surface area contributed by atoms with Crippen LogP contribution in [0.3, 0.4) is 0 Å². The van der Waals surface area contributed by atoms with Gasteiger partial charge in [0.15, 0.2) is 0 Å². The average molecular weight is 214 g/mol. The second-order valence-corrected chi connectivity index (χ2v) is 4.46. The molecule has 3 unspecified atom stereocenters. The van der Waals surface area contributed by atoms with Gasteiger partial charge < -0.3 is 16.2 Å². The highest BCUT2D eigenvalue weighted by Crippen LogP contribution is 2.30. The van der Waals surface area contributed by atoms with Gasteiger partial charge in [-0.1, -0.05) is 6.42 Å². The lowest BCUT2D eigenvalue weighted by Gasteiger charge is -2.17. The third kappa shape index (κ3) is 3.80. The molecule has 15 heavy (non-hydrogen) atoms. The monoisotopic (exact) mass is 214 g/mol. The molecule has 0 bridgehead atoms. The summed E-state index contributed by atoms with van der Waals surface area (Å²) in [4.78, 5) is 11.7. The molecule has 1 saturated carbocycles. The van der Waals surface area contributed by atoms with Crippen LogP contribution in [0.1, 0.15) is 32.6 Å². The zero-order valence-corrected chi connectivity index (χ0v) is 9.41. The van der Waals surface area contributed by atoms with Crippen LogP contribution in [-0.2, 0) is 4.79 Å². The van der Waals surface area contributed by atoms with E-state index in [1.807, 2.05) is 0 Å². The molecular weight excluding hydrogens is 192 g/mol. The van der Waals surface area contributed by atoms with Crippen LogP contribution in [0.2, 0.25) is 0 Å². The number of nitrogens with two attached hydrogens (primary N) is 1. The summed E-state index contributed by atoms with van der Waals surface area (Å²) in [5, 5.41) is 11.9. The molecule has 1 rings (SSSR count). The van der Waals surface area contributed by atoms with Crippen molar-refractivity contribution < 1.29 is 9.90 Å². The van der Waals surface area contributed by atoms with E-state index in [1.54, 1.807) is 6.92 Å². The number of rotatable bonds is 5.